The molecule has 1 aromatic heterocycles. The van der Waals surface area contributed by atoms with Gasteiger partial charge in [-0.15, -0.1) is 11.3 Å². The summed E-state index contributed by atoms with van der Waals surface area (Å²) in [4.78, 5) is 31.9. The molecule has 0 aliphatic carbocycles. The lowest BCUT2D eigenvalue weighted by Crippen LogP contribution is -2.66. The topological polar surface area (TPSA) is 74.3 Å². The highest BCUT2D eigenvalue weighted by molar-refractivity contribution is 7.11. The highest BCUT2D eigenvalue weighted by Gasteiger charge is 2.42. The fourth-order valence-corrected chi connectivity index (χ4v) is 4.22. The number of aryl methyl sites for hydroxylation is 1. The molecule has 2 N–H and O–H groups in total. The summed E-state index contributed by atoms with van der Waals surface area (Å²) < 4.78 is 0. The molecule has 0 bridgehead atoms. The van der Waals surface area contributed by atoms with Crippen LogP contribution in [0.5, 0.6) is 0 Å². The van der Waals surface area contributed by atoms with Gasteiger partial charge in [-0.2, -0.15) is 0 Å². The van der Waals surface area contributed by atoms with Crippen molar-refractivity contribution in [1.29, 1.82) is 0 Å². The summed E-state index contributed by atoms with van der Waals surface area (Å²) in [6, 6.07) is 7.47. The maximum Gasteiger partial charge on any atom is 0.265 e. The number of likely N-dealkylation sites (tertiary alicyclic amines) is 1. The fraction of sp³-hybridized carbons (Fsp3) is 0.353. The van der Waals surface area contributed by atoms with Crippen molar-refractivity contribution in [2.45, 2.75) is 25.4 Å². The van der Waals surface area contributed by atoms with Gasteiger partial charge in [0, 0.05) is 12.2 Å². The Bertz CT molecular complexity index is 818. The van der Waals surface area contributed by atoms with Gasteiger partial charge < -0.3 is 15.5 Å². The molecule has 0 radical (unpaired) electrons. The standard InChI is InChI=1S/C17H18N4O2S/c1-11-14(24-10-18-11)16(23)21-8-4-7-17(9-21)19-13-6-3-2-5-12(13)15(22)20-17/h2-3,5-6,10,19H,4,7-9H2,1H3,(H,20,22)/t17-/m0/s1. The Morgan fingerprint density at radius 1 is 1.33 bits per heavy atom. The average molecular weight is 342 g/mol. The maximum absolute atomic E-state index is 12.8. The molecule has 1 fully saturated rings. The Balaban J connectivity index is 1.60. The Labute approximate surface area is 143 Å². The van der Waals surface area contributed by atoms with Gasteiger partial charge in [-0.05, 0) is 31.9 Å². The van der Waals surface area contributed by atoms with Crippen molar-refractivity contribution < 1.29 is 9.59 Å². The van der Waals surface area contributed by atoms with Gasteiger partial charge in [0.2, 0.25) is 0 Å². The van der Waals surface area contributed by atoms with Crippen LogP contribution in [0.15, 0.2) is 29.8 Å². The lowest BCUT2D eigenvalue weighted by molar-refractivity contribution is 0.0596. The smallest absolute Gasteiger partial charge is 0.265 e. The van der Waals surface area contributed by atoms with E-state index in [0.717, 1.165) is 24.2 Å². The molecule has 7 heteroatoms. The number of nitrogens with zero attached hydrogens (tertiary/aromatic N) is 2. The van der Waals surface area contributed by atoms with Crippen LogP contribution in [-0.4, -0.2) is 40.5 Å². The number of para-hydroxylation sites is 1. The van der Waals surface area contributed by atoms with Gasteiger partial charge >= 0.3 is 0 Å². The molecular weight excluding hydrogens is 324 g/mol. The SMILES string of the molecule is Cc1ncsc1C(=O)N1CCC[C@@]2(C1)NC(=O)c1ccccc1N2. The number of nitrogens with one attached hydrogen (secondary N) is 2. The Morgan fingerprint density at radius 3 is 2.96 bits per heavy atom. The Kier molecular flexibility index (Phi) is 3.53. The second-order valence-corrected chi connectivity index (χ2v) is 7.16. The van der Waals surface area contributed by atoms with E-state index in [1.165, 1.54) is 11.3 Å². The van der Waals surface area contributed by atoms with Crippen LogP contribution in [0, 0.1) is 6.92 Å². The van der Waals surface area contributed by atoms with Crippen LogP contribution in [0.3, 0.4) is 0 Å². The molecule has 3 heterocycles. The first-order valence-electron chi connectivity index (χ1n) is 7.97. The Morgan fingerprint density at radius 2 is 2.17 bits per heavy atom. The Hall–Kier alpha value is -2.41. The first-order chi connectivity index (χ1) is 11.6. The molecule has 2 amide bonds. The van der Waals surface area contributed by atoms with Gasteiger partial charge in [0.05, 0.1) is 23.3 Å². The van der Waals surface area contributed by atoms with Crippen molar-refractivity contribution >= 4 is 28.8 Å². The maximum atomic E-state index is 12.8. The molecule has 4 rings (SSSR count). The number of hydrogen-bond donors (Lipinski definition) is 2. The van der Waals surface area contributed by atoms with Crippen LogP contribution in [-0.2, 0) is 0 Å². The van der Waals surface area contributed by atoms with Crippen LogP contribution in [0.4, 0.5) is 5.69 Å². The van der Waals surface area contributed by atoms with Crippen LogP contribution >= 0.6 is 11.3 Å². The van der Waals surface area contributed by atoms with E-state index in [4.69, 9.17) is 0 Å². The van der Waals surface area contributed by atoms with E-state index >= 15 is 0 Å². The minimum Gasteiger partial charge on any atom is -0.361 e. The molecule has 0 saturated carbocycles. The zero-order chi connectivity index (χ0) is 16.7. The summed E-state index contributed by atoms with van der Waals surface area (Å²) in [7, 11) is 0. The number of piperidine rings is 1. The van der Waals surface area contributed by atoms with Gasteiger partial charge in [0.1, 0.15) is 10.5 Å². The van der Waals surface area contributed by atoms with Crippen molar-refractivity contribution in [3.63, 3.8) is 0 Å². The highest BCUT2D eigenvalue weighted by Crippen LogP contribution is 2.31. The van der Waals surface area contributed by atoms with Crippen LogP contribution < -0.4 is 10.6 Å². The third-order valence-corrected chi connectivity index (χ3v) is 5.53. The molecular formula is C17H18N4O2S. The molecule has 1 spiro atoms. The molecule has 1 atom stereocenters. The lowest BCUT2D eigenvalue weighted by Gasteiger charge is -2.46. The molecule has 1 saturated heterocycles. The van der Waals surface area contributed by atoms with E-state index in [-0.39, 0.29) is 11.8 Å². The number of carbonyl (C=O) groups is 2. The van der Waals surface area contributed by atoms with Gasteiger partial charge in [-0.3, -0.25) is 9.59 Å². The number of benzene rings is 1. The number of amides is 2. The zero-order valence-electron chi connectivity index (χ0n) is 13.3. The number of rotatable bonds is 1. The largest absolute Gasteiger partial charge is 0.361 e. The van der Waals surface area contributed by atoms with E-state index in [2.05, 4.69) is 15.6 Å². The van der Waals surface area contributed by atoms with Crippen molar-refractivity contribution in [1.82, 2.24) is 15.2 Å². The number of carbonyl (C=O) groups excluding carboxylic acids is 2. The van der Waals surface area contributed by atoms with Crippen molar-refractivity contribution in [2.24, 2.45) is 0 Å². The number of anilines is 1. The predicted molar refractivity (Wildman–Crippen MR) is 92.3 cm³/mol. The predicted octanol–water partition coefficient (Wildman–Crippen LogP) is 2.24. The summed E-state index contributed by atoms with van der Waals surface area (Å²) in [6.45, 7) is 2.99. The van der Waals surface area contributed by atoms with E-state index in [0.29, 0.717) is 23.5 Å². The molecule has 1 aromatic carbocycles. The third-order valence-electron chi connectivity index (χ3n) is 4.62. The molecule has 2 aromatic rings. The lowest BCUT2D eigenvalue weighted by atomic mass is 9.93. The highest BCUT2D eigenvalue weighted by atomic mass is 32.1. The number of thiazole rings is 1. The van der Waals surface area contributed by atoms with Crippen LogP contribution in [0.1, 0.15) is 38.6 Å². The van der Waals surface area contributed by atoms with Crippen LogP contribution in [0.25, 0.3) is 0 Å². The van der Waals surface area contributed by atoms with E-state index in [1.54, 1.807) is 11.6 Å². The first-order valence-corrected chi connectivity index (χ1v) is 8.85. The minimum absolute atomic E-state index is 0.0102. The monoisotopic (exact) mass is 342 g/mol. The molecule has 124 valence electrons. The van der Waals surface area contributed by atoms with Crippen molar-refractivity contribution in [3.8, 4) is 0 Å². The second kappa shape index (κ2) is 5.59. The molecule has 0 unspecified atom stereocenters. The van der Waals surface area contributed by atoms with E-state index in [9.17, 15) is 9.59 Å². The summed E-state index contributed by atoms with van der Waals surface area (Å²) in [5, 5.41) is 6.53. The normalized spacial score (nSPS) is 22.7. The summed E-state index contributed by atoms with van der Waals surface area (Å²) in [6.07, 6.45) is 1.62. The summed E-state index contributed by atoms with van der Waals surface area (Å²) in [5.74, 6) is -0.100. The first kappa shape index (κ1) is 15.1. The fourth-order valence-electron chi connectivity index (χ4n) is 3.45. The number of aromatic nitrogens is 1. The van der Waals surface area contributed by atoms with E-state index < -0.39 is 5.66 Å². The second-order valence-electron chi connectivity index (χ2n) is 6.30. The summed E-state index contributed by atoms with van der Waals surface area (Å²) in [5.41, 5.74) is 3.32. The number of fused-ring (bicyclic) bond motifs is 1. The van der Waals surface area contributed by atoms with E-state index in [1.807, 2.05) is 30.0 Å². The van der Waals surface area contributed by atoms with Gasteiger partial charge in [0.25, 0.3) is 11.8 Å². The van der Waals surface area contributed by atoms with Gasteiger partial charge in [0.15, 0.2) is 0 Å². The quantitative estimate of drug-likeness (QED) is 0.833. The molecule has 6 nitrogen and oxygen atoms in total. The zero-order valence-corrected chi connectivity index (χ0v) is 14.2. The molecule has 2 aliphatic heterocycles. The molecule has 2 aliphatic rings. The van der Waals surface area contributed by atoms with Crippen LogP contribution in [0.2, 0.25) is 0 Å². The molecule has 24 heavy (non-hydrogen) atoms. The summed E-state index contributed by atoms with van der Waals surface area (Å²) >= 11 is 1.37. The third kappa shape index (κ3) is 2.45. The van der Waals surface area contributed by atoms with Gasteiger partial charge in [-0.25, -0.2) is 4.98 Å². The van der Waals surface area contributed by atoms with Crippen molar-refractivity contribution in [2.75, 3.05) is 18.4 Å². The number of hydrogen-bond acceptors (Lipinski definition) is 5. The van der Waals surface area contributed by atoms with Crippen molar-refractivity contribution in [3.05, 3.63) is 45.9 Å². The minimum atomic E-state index is -0.599. The van der Waals surface area contributed by atoms with Gasteiger partial charge in [-0.1, -0.05) is 12.1 Å². The average Bonchev–Trinajstić information content (AvgIpc) is 3.00.